The van der Waals surface area contributed by atoms with Crippen molar-refractivity contribution in [3.63, 3.8) is 0 Å². The van der Waals surface area contributed by atoms with Gasteiger partial charge in [0.25, 0.3) is 0 Å². The van der Waals surface area contributed by atoms with Crippen LogP contribution in [0.1, 0.15) is 24.5 Å². The van der Waals surface area contributed by atoms with E-state index >= 15 is 0 Å². The minimum absolute atomic E-state index is 0.162. The monoisotopic (exact) mass is 335 g/mol. The first-order chi connectivity index (χ1) is 12.2. The third-order valence-corrected chi connectivity index (χ3v) is 4.82. The number of carbonyl (C=O) groups excluding carboxylic acids is 1. The highest BCUT2D eigenvalue weighted by Gasteiger charge is 2.20. The fourth-order valence-corrected chi connectivity index (χ4v) is 3.50. The first-order valence-electron chi connectivity index (χ1n) is 8.64. The van der Waals surface area contributed by atoms with Crippen molar-refractivity contribution >= 4 is 16.8 Å². The van der Waals surface area contributed by atoms with Gasteiger partial charge in [-0.2, -0.15) is 5.10 Å². The molecular formula is C20H21N3O2. The summed E-state index contributed by atoms with van der Waals surface area (Å²) >= 11 is 0. The molecule has 128 valence electrons. The standard InChI is InChI=1S/C20H21N3O2/c1-3-19(24)23-8-9-25-18-7-5-14(10-15(18)12-23)20-13(2)4-6-17-16(20)11-21-22-17/h4-7,10-11H,3,8-9,12H2,1-2H3,(H,21,22). The van der Waals surface area contributed by atoms with E-state index in [1.807, 2.05) is 24.1 Å². The number of aromatic amines is 1. The summed E-state index contributed by atoms with van der Waals surface area (Å²) in [7, 11) is 0. The van der Waals surface area contributed by atoms with Gasteiger partial charge in [-0.3, -0.25) is 9.89 Å². The van der Waals surface area contributed by atoms with Gasteiger partial charge in [-0.15, -0.1) is 0 Å². The Kier molecular flexibility index (Phi) is 3.92. The summed E-state index contributed by atoms with van der Waals surface area (Å²) in [5.41, 5.74) is 5.57. The smallest absolute Gasteiger partial charge is 0.222 e. The van der Waals surface area contributed by atoms with E-state index < -0.39 is 0 Å². The van der Waals surface area contributed by atoms with E-state index in [-0.39, 0.29) is 5.91 Å². The lowest BCUT2D eigenvalue weighted by molar-refractivity contribution is -0.131. The van der Waals surface area contributed by atoms with Crippen molar-refractivity contribution in [1.82, 2.24) is 15.1 Å². The summed E-state index contributed by atoms with van der Waals surface area (Å²) in [4.78, 5) is 14.0. The number of benzene rings is 2. The van der Waals surface area contributed by atoms with Gasteiger partial charge in [0.1, 0.15) is 12.4 Å². The molecule has 0 fully saturated rings. The number of rotatable bonds is 2. The normalized spacial score (nSPS) is 14.1. The second-order valence-electron chi connectivity index (χ2n) is 6.43. The molecule has 1 aromatic heterocycles. The number of hydrogen-bond acceptors (Lipinski definition) is 3. The van der Waals surface area contributed by atoms with Crippen molar-refractivity contribution in [1.29, 1.82) is 0 Å². The molecule has 0 saturated carbocycles. The van der Waals surface area contributed by atoms with Crippen molar-refractivity contribution in [2.24, 2.45) is 0 Å². The first-order valence-corrected chi connectivity index (χ1v) is 8.64. The molecule has 25 heavy (non-hydrogen) atoms. The summed E-state index contributed by atoms with van der Waals surface area (Å²) < 4.78 is 5.85. The molecule has 0 bridgehead atoms. The van der Waals surface area contributed by atoms with Gasteiger partial charge >= 0.3 is 0 Å². The number of aromatic nitrogens is 2. The van der Waals surface area contributed by atoms with Crippen LogP contribution in [0.3, 0.4) is 0 Å². The highest BCUT2D eigenvalue weighted by Crippen LogP contribution is 2.34. The Morgan fingerprint density at radius 3 is 3.04 bits per heavy atom. The molecule has 0 atom stereocenters. The van der Waals surface area contributed by atoms with E-state index in [4.69, 9.17) is 4.74 Å². The highest BCUT2D eigenvalue weighted by atomic mass is 16.5. The summed E-state index contributed by atoms with van der Waals surface area (Å²) in [5.74, 6) is 1.03. The number of nitrogens with zero attached hydrogens (tertiary/aromatic N) is 2. The van der Waals surface area contributed by atoms with Gasteiger partial charge in [0, 0.05) is 23.9 Å². The fraction of sp³-hybridized carbons (Fsp3) is 0.300. The minimum Gasteiger partial charge on any atom is -0.491 e. The summed E-state index contributed by atoms with van der Waals surface area (Å²) in [5, 5.41) is 8.31. The van der Waals surface area contributed by atoms with Gasteiger partial charge in [0.05, 0.1) is 18.3 Å². The van der Waals surface area contributed by atoms with Crippen LogP contribution in [0.5, 0.6) is 5.75 Å². The Labute approximate surface area is 146 Å². The Morgan fingerprint density at radius 1 is 1.32 bits per heavy atom. The van der Waals surface area contributed by atoms with Crippen molar-refractivity contribution in [3.05, 3.63) is 47.7 Å². The van der Waals surface area contributed by atoms with Gasteiger partial charge in [0.2, 0.25) is 5.91 Å². The Hall–Kier alpha value is -2.82. The number of carbonyl (C=O) groups is 1. The van der Waals surface area contributed by atoms with E-state index in [1.165, 1.54) is 11.1 Å². The van der Waals surface area contributed by atoms with Crippen LogP contribution in [0, 0.1) is 6.92 Å². The average molecular weight is 335 g/mol. The van der Waals surface area contributed by atoms with Crippen LogP contribution in [0.15, 0.2) is 36.5 Å². The van der Waals surface area contributed by atoms with Gasteiger partial charge in [-0.1, -0.05) is 19.1 Å². The fourth-order valence-electron chi connectivity index (χ4n) is 3.50. The van der Waals surface area contributed by atoms with Crippen LogP contribution in [-0.4, -0.2) is 34.2 Å². The van der Waals surface area contributed by atoms with Crippen molar-refractivity contribution in [2.75, 3.05) is 13.2 Å². The third-order valence-electron chi connectivity index (χ3n) is 4.82. The number of hydrogen-bond donors (Lipinski definition) is 1. The van der Waals surface area contributed by atoms with Crippen molar-refractivity contribution < 1.29 is 9.53 Å². The number of H-pyrrole nitrogens is 1. The van der Waals surface area contributed by atoms with Crippen LogP contribution < -0.4 is 4.74 Å². The van der Waals surface area contributed by atoms with E-state index in [2.05, 4.69) is 41.4 Å². The summed E-state index contributed by atoms with van der Waals surface area (Å²) in [6.45, 7) is 5.77. The maximum Gasteiger partial charge on any atom is 0.222 e. The van der Waals surface area contributed by atoms with E-state index in [0.29, 0.717) is 26.1 Å². The largest absolute Gasteiger partial charge is 0.491 e. The topological polar surface area (TPSA) is 58.2 Å². The molecule has 1 N–H and O–H groups in total. The predicted molar refractivity (Wildman–Crippen MR) is 97.5 cm³/mol. The Bertz CT molecular complexity index is 945. The molecule has 0 radical (unpaired) electrons. The number of fused-ring (bicyclic) bond motifs is 2. The molecule has 2 aromatic carbocycles. The van der Waals surface area contributed by atoms with Crippen LogP contribution in [0.2, 0.25) is 0 Å². The second kappa shape index (κ2) is 6.24. The van der Waals surface area contributed by atoms with Crippen LogP contribution >= 0.6 is 0 Å². The molecule has 5 nitrogen and oxygen atoms in total. The molecule has 2 heterocycles. The average Bonchev–Trinajstić information content (AvgIpc) is 2.99. The minimum atomic E-state index is 0.162. The highest BCUT2D eigenvalue weighted by molar-refractivity contribution is 5.96. The molecule has 3 aromatic rings. The number of ether oxygens (including phenoxy) is 1. The molecule has 1 amide bonds. The molecule has 4 rings (SSSR count). The SMILES string of the molecule is CCC(=O)N1CCOc2ccc(-c3c(C)ccc4[nH]ncc34)cc2C1. The lowest BCUT2D eigenvalue weighted by Crippen LogP contribution is -2.31. The zero-order valence-electron chi connectivity index (χ0n) is 14.5. The van der Waals surface area contributed by atoms with E-state index in [1.54, 1.807) is 0 Å². The molecule has 0 aliphatic carbocycles. The molecule has 0 unspecified atom stereocenters. The zero-order chi connectivity index (χ0) is 17.4. The Morgan fingerprint density at radius 2 is 2.20 bits per heavy atom. The molecule has 0 spiro atoms. The Balaban J connectivity index is 1.80. The summed E-state index contributed by atoms with van der Waals surface area (Å²) in [6, 6.07) is 10.4. The molecular weight excluding hydrogens is 314 g/mol. The van der Waals surface area contributed by atoms with Gasteiger partial charge in [0.15, 0.2) is 0 Å². The van der Waals surface area contributed by atoms with Gasteiger partial charge in [-0.05, 0) is 41.8 Å². The van der Waals surface area contributed by atoms with Gasteiger partial charge < -0.3 is 9.64 Å². The van der Waals surface area contributed by atoms with Crippen molar-refractivity contribution in [3.8, 4) is 16.9 Å². The maximum absolute atomic E-state index is 12.1. The lowest BCUT2D eigenvalue weighted by atomic mass is 9.95. The quantitative estimate of drug-likeness (QED) is 0.777. The number of aryl methyl sites for hydroxylation is 1. The second-order valence-corrected chi connectivity index (χ2v) is 6.43. The molecule has 0 saturated heterocycles. The van der Waals surface area contributed by atoms with E-state index in [0.717, 1.165) is 27.8 Å². The molecule has 1 aliphatic rings. The summed E-state index contributed by atoms with van der Waals surface area (Å²) in [6.07, 6.45) is 2.38. The third kappa shape index (κ3) is 2.76. The number of nitrogens with one attached hydrogen (secondary N) is 1. The van der Waals surface area contributed by atoms with Crippen LogP contribution in [0.4, 0.5) is 0 Å². The van der Waals surface area contributed by atoms with Gasteiger partial charge in [-0.25, -0.2) is 0 Å². The lowest BCUT2D eigenvalue weighted by Gasteiger charge is -2.19. The van der Waals surface area contributed by atoms with Crippen molar-refractivity contribution in [2.45, 2.75) is 26.8 Å². The maximum atomic E-state index is 12.1. The van der Waals surface area contributed by atoms with E-state index in [9.17, 15) is 4.79 Å². The van der Waals surface area contributed by atoms with Crippen LogP contribution in [-0.2, 0) is 11.3 Å². The molecule has 1 aliphatic heterocycles. The molecule has 5 heteroatoms. The van der Waals surface area contributed by atoms with Crippen LogP contribution in [0.25, 0.3) is 22.0 Å². The predicted octanol–water partition coefficient (Wildman–Crippen LogP) is 3.67. The number of amides is 1. The zero-order valence-corrected chi connectivity index (χ0v) is 14.5. The first kappa shape index (κ1) is 15.7.